The molecular formula is C23H28FN7O2. The van der Waals surface area contributed by atoms with Crippen LogP contribution in [0.3, 0.4) is 0 Å². The van der Waals surface area contributed by atoms with Crippen molar-refractivity contribution < 1.29 is 13.9 Å². The smallest absolute Gasteiger partial charge is 0.323 e. The number of anilines is 5. The van der Waals surface area contributed by atoms with Crippen molar-refractivity contribution in [2.24, 2.45) is 0 Å². The van der Waals surface area contributed by atoms with Crippen LogP contribution in [0.4, 0.5) is 33.3 Å². The van der Waals surface area contributed by atoms with Crippen LogP contribution in [0.5, 0.6) is 11.8 Å². The number of rotatable bonds is 8. The first-order valence-corrected chi connectivity index (χ1v) is 10.8. The summed E-state index contributed by atoms with van der Waals surface area (Å²) in [5.74, 6) is 0.659. The van der Waals surface area contributed by atoms with Gasteiger partial charge in [-0.25, -0.2) is 4.39 Å². The normalized spacial score (nSPS) is 14.1. The van der Waals surface area contributed by atoms with Crippen LogP contribution in [-0.4, -0.2) is 66.8 Å². The first-order chi connectivity index (χ1) is 16.1. The maximum Gasteiger partial charge on any atom is 0.323 e. The largest absolute Gasteiger partial charge is 0.494 e. The zero-order valence-corrected chi connectivity index (χ0v) is 19.0. The van der Waals surface area contributed by atoms with Crippen molar-refractivity contribution in [3.8, 4) is 11.8 Å². The van der Waals surface area contributed by atoms with Crippen molar-refractivity contribution in [1.82, 2.24) is 19.9 Å². The summed E-state index contributed by atoms with van der Waals surface area (Å²) in [6, 6.07) is 12.4. The molecule has 2 heterocycles. The first-order valence-electron chi connectivity index (χ1n) is 10.8. The quantitative estimate of drug-likeness (QED) is 0.530. The minimum atomic E-state index is -0.411. The molecule has 33 heavy (non-hydrogen) atoms. The summed E-state index contributed by atoms with van der Waals surface area (Å²) >= 11 is 0. The number of likely N-dealkylation sites (N-methyl/N-ethyl adjacent to an activating group) is 1. The van der Waals surface area contributed by atoms with E-state index in [1.54, 1.807) is 25.3 Å². The van der Waals surface area contributed by atoms with E-state index in [1.165, 1.54) is 6.07 Å². The van der Waals surface area contributed by atoms with E-state index < -0.39 is 5.82 Å². The summed E-state index contributed by atoms with van der Waals surface area (Å²) in [5, 5.41) is 6.05. The zero-order chi connectivity index (χ0) is 23.2. The number of nitrogens with zero attached hydrogens (tertiary/aromatic N) is 5. The summed E-state index contributed by atoms with van der Waals surface area (Å²) in [4.78, 5) is 17.6. The fourth-order valence-electron chi connectivity index (χ4n) is 3.51. The Bertz CT molecular complexity index is 1090. The van der Waals surface area contributed by atoms with Crippen molar-refractivity contribution in [2.45, 2.75) is 6.92 Å². The van der Waals surface area contributed by atoms with Crippen LogP contribution in [0.1, 0.15) is 6.92 Å². The Morgan fingerprint density at radius 2 is 1.64 bits per heavy atom. The Balaban J connectivity index is 1.58. The van der Waals surface area contributed by atoms with Crippen molar-refractivity contribution >= 4 is 29.0 Å². The summed E-state index contributed by atoms with van der Waals surface area (Å²) in [7, 11) is 3.75. The molecule has 0 aliphatic carbocycles. The molecule has 1 fully saturated rings. The van der Waals surface area contributed by atoms with Gasteiger partial charge in [-0.1, -0.05) is 12.1 Å². The van der Waals surface area contributed by atoms with Gasteiger partial charge < -0.3 is 29.9 Å². The van der Waals surface area contributed by atoms with Gasteiger partial charge in [0.05, 0.1) is 25.1 Å². The molecule has 0 bridgehead atoms. The molecule has 3 aromatic rings. The van der Waals surface area contributed by atoms with Gasteiger partial charge in [-0.05, 0) is 38.2 Å². The molecule has 1 saturated heterocycles. The number of methoxy groups -OCH3 is 1. The second-order valence-corrected chi connectivity index (χ2v) is 7.60. The lowest BCUT2D eigenvalue weighted by atomic mass is 10.2. The third kappa shape index (κ3) is 5.58. The van der Waals surface area contributed by atoms with Crippen LogP contribution in [0.2, 0.25) is 0 Å². The molecule has 0 amide bonds. The van der Waals surface area contributed by atoms with E-state index in [9.17, 15) is 4.39 Å². The predicted molar refractivity (Wildman–Crippen MR) is 127 cm³/mol. The van der Waals surface area contributed by atoms with Crippen molar-refractivity contribution in [1.29, 1.82) is 0 Å². The molecule has 1 aliphatic rings. The van der Waals surface area contributed by atoms with E-state index in [4.69, 9.17) is 9.47 Å². The van der Waals surface area contributed by atoms with Crippen LogP contribution in [-0.2, 0) is 0 Å². The van der Waals surface area contributed by atoms with Gasteiger partial charge in [0.2, 0.25) is 11.9 Å². The molecule has 0 saturated carbocycles. The molecule has 0 atom stereocenters. The van der Waals surface area contributed by atoms with Crippen LogP contribution in [0.25, 0.3) is 0 Å². The van der Waals surface area contributed by atoms with Crippen molar-refractivity contribution in [3.05, 3.63) is 48.3 Å². The lowest BCUT2D eigenvalue weighted by molar-refractivity contribution is 0.312. The van der Waals surface area contributed by atoms with Gasteiger partial charge in [0.25, 0.3) is 0 Å². The van der Waals surface area contributed by atoms with Crippen LogP contribution in [0, 0.1) is 5.82 Å². The second kappa shape index (κ2) is 10.3. The maximum atomic E-state index is 14.1. The molecule has 0 unspecified atom stereocenters. The van der Waals surface area contributed by atoms with Gasteiger partial charge >= 0.3 is 6.01 Å². The molecular weight excluding hydrogens is 425 g/mol. The Morgan fingerprint density at radius 1 is 0.939 bits per heavy atom. The Morgan fingerprint density at radius 3 is 2.30 bits per heavy atom. The van der Waals surface area contributed by atoms with E-state index in [0.29, 0.717) is 18.0 Å². The lowest BCUT2D eigenvalue weighted by Crippen LogP contribution is -2.44. The summed E-state index contributed by atoms with van der Waals surface area (Å²) in [5.41, 5.74) is 2.05. The second-order valence-electron chi connectivity index (χ2n) is 7.60. The summed E-state index contributed by atoms with van der Waals surface area (Å²) in [6.07, 6.45) is 0. The number of ether oxygens (including phenoxy) is 2. The van der Waals surface area contributed by atoms with Gasteiger partial charge in [0, 0.05) is 37.9 Å². The number of hydrogen-bond donors (Lipinski definition) is 2. The maximum absolute atomic E-state index is 14.1. The molecule has 174 valence electrons. The number of benzene rings is 2. The van der Waals surface area contributed by atoms with Crippen LogP contribution in [0.15, 0.2) is 42.5 Å². The van der Waals surface area contributed by atoms with Crippen LogP contribution < -0.4 is 25.0 Å². The Kier molecular flexibility index (Phi) is 7.04. The molecule has 0 radical (unpaired) electrons. The SMILES string of the molecule is CCOc1nc(Nc2ccccc2F)nc(Nc2ccc(N3CCN(C)CC3)cc2OC)n1. The van der Waals surface area contributed by atoms with Gasteiger partial charge in [-0.3, -0.25) is 0 Å². The lowest BCUT2D eigenvalue weighted by Gasteiger charge is -2.34. The highest BCUT2D eigenvalue weighted by atomic mass is 19.1. The highest BCUT2D eigenvalue weighted by molar-refractivity contribution is 5.69. The fraction of sp³-hybridized carbons (Fsp3) is 0.348. The van der Waals surface area contributed by atoms with Gasteiger partial charge in [0.15, 0.2) is 0 Å². The van der Waals surface area contributed by atoms with Crippen molar-refractivity contribution in [2.75, 3.05) is 62.5 Å². The molecule has 9 nitrogen and oxygen atoms in total. The van der Waals surface area contributed by atoms with Gasteiger partial charge in [-0.2, -0.15) is 15.0 Å². The minimum absolute atomic E-state index is 0.127. The minimum Gasteiger partial charge on any atom is -0.494 e. The van der Waals surface area contributed by atoms with E-state index in [0.717, 1.165) is 31.9 Å². The average molecular weight is 454 g/mol. The molecule has 1 aliphatic heterocycles. The molecule has 0 spiro atoms. The Hall–Kier alpha value is -3.66. The molecule has 2 aromatic carbocycles. The van der Waals surface area contributed by atoms with E-state index >= 15 is 0 Å². The number of hydrogen-bond acceptors (Lipinski definition) is 9. The van der Waals surface area contributed by atoms with E-state index in [2.05, 4.69) is 42.4 Å². The molecule has 1 aromatic heterocycles. The highest BCUT2D eigenvalue weighted by Gasteiger charge is 2.17. The number of nitrogens with one attached hydrogen (secondary N) is 2. The summed E-state index contributed by atoms with van der Waals surface area (Å²) < 4.78 is 25.2. The Labute approximate surface area is 192 Å². The first kappa shape index (κ1) is 22.5. The van der Waals surface area contributed by atoms with Gasteiger partial charge in [-0.15, -0.1) is 0 Å². The van der Waals surface area contributed by atoms with Crippen molar-refractivity contribution in [3.63, 3.8) is 0 Å². The molecule has 4 rings (SSSR count). The fourth-order valence-corrected chi connectivity index (χ4v) is 3.51. The molecule has 10 heteroatoms. The standard InChI is InChI=1S/C23H28FN7O2/c1-4-33-23-28-21(25-18-8-6-5-7-17(18)24)27-22(29-23)26-19-10-9-16(15-20(19)32-3)31-13-11-30(2)12-14-31/h5-10,15H,4,11-14H2,1-3H3,(H2,25,26,27,28,29). The van der Waals surface area contributed by atoms with Crippen LogP contribution >= 0.6 is 0 Å². The number of aromatic nitrogens is 3. The topological polar surface area (TPSA) is 87.7 Å². The highest BCUT2D eigenvalue weighted by Crippen LogP contribution is 2.32. The van der Waals surface area contributed by atoms with Gasteiger partial charge in [0.1, 0.15) is 11.6 Å². The third-order valence-electron chi connectivity index (χ3n) is 5.31. The monoisotopic (exact) mass is 453 g/mol. The predicted octanol–water partition coefficient (Wildman–Crippen LogP) is 3.66. The van der Waals surface area contributed by atoms with E-state index in [1.807, 2.05) is 25.1 Å². The number of piperazine rings is 1. The molecule has 2 N–H and O–H groups in total. The zero-order valence-electron chi connectivity index (χ0n) is 19.0. The number of para-hydroxylation sites is 1. The van der Waals surface area contributed by atoms with E-state index in [-0.39, 0.29) is 23.6 Å². The number of halogens is 1. The summed E-state index contributed by atoms with van der Waals surface area (Å²) in [6.45, 7) is 6.17. The third-order valence-corrected chi connectivity index (χ3v) is 5.31. The average Bonchev–Trinajstić information content (AvgIpc) is 2.81.